The number of hydrogen-bond acceptors (Lipinski definition) is 8. The minimum Gasteiger partial charge on any atom is -0.434 e. The van der Waals surface area contributed by atoms with E-state index in [1.54, 1.807) is 0 Å². The highest BCUT2D eigenvalue weighted by atomic mass is 16.7. The minimum atomic E-state index is -2.12. The Morgan fingerprint density at radius 3 is 2.17 bits per heavy atom. The molecule has 0 amide bonds. The van der Waals surface area contributed by atoms with Gasteiger partial charge in [-0.15, -0.1) is 0 Å². The van der Waals surface area contributed by atoms with Crippen molar-refractivity contribution in [2.45, 2.75) is 37.9 Å². The van der Waals surface area contributed by atoms with E-state index in [0.717, 1.165) is 0 Å². The van der Waals surface area contributed by atoms with E-state index in [2.05, 4.69) is 9.47 Å². The molecule has 4 N–H and O–H groups in total. The zero-order chi connectivity index (χ0) is 14.1. The normalized spacial score (nSPS) is 16.2. The molecule has 18 heavy (non-hydrogen) atoms. The molecule has 108 valence electrons. The summed E-state index contributed by atoms with van der Waals surface area (Å²) in [6, 6.07) is 0. The lowest BCUT2D eigenvalue weighted by Gasteiger charge is -2.26. The molecule has 0 aliphatic carbocycles. The van der Waals surface area contributed by atoms with Gasteiger partial charge in [0.05, 0.1) is 6.61 Å². The van der Waals surface area contributed by atoms with Gasteiger partial charge >= 0.3 is 6.16 Å². The van der Waals surface area contributed by atoms with Crippen LogP contribution in [0.15, 0.2) is 0 Å². The molecule has 0 aromatic rings. The van der Waals surface area contributed by atoms with E-state index >= 15 is 0 Å². The Labute approximate surface area is 105 Å². The fourth-order valence-corrected chi connectivity index (χ4v) is 1.08. The van der Waals surface area contributed by atoms with Gasteiger partial charge in [-0.2, -0.15) is 0 Å². The Morgan fingerprint density at radius 1 is 1.11 bits per heavy atom. The smallest absolute Gasteiger partial charge is 0.434 e. The Hall–Kier alpha value is -0.930. The van der Waals surface area contributed by atoms with Gasteiger partial charge in [0.15, 0.2) is 6.29 Å². The Balaban J connectivity index is 4.14. The molecular formula is C10H20O8. The molecule has 0 radical (unpaired) electrons. The summed E-state index contributed by atoms with van der Waals surface area (Å²) in [6.45, 7) is 1.63. The predicted octanol–water partition coefficient (Wildman–Crippen LogP) is -1.40. The molecule has 0 spiro atoms. The van der Waals surface area contributed by atoms with E-state index in [1.807, 2.05) is 6.92 Å². The number of aliphatic hydroxyl groups excluding tert-OH is 3. The Bertz CT molecular complexity index is 232. The summed E-state index contributed by atoms with van der Waals surface area (Å²) in [5.74, 6) is 0. The lowest BCUT2D eigenvalue weighted by atomic mass is 10.1. The molecule has 0 rings (SSSR count). The third-order valence-corrected chi connectivity index (χ3v) is 2.13. The Kier molecular flexibility index (Phi) is 8.59. The van der Waals surface area contributed by atoms with Crippen LogP contribution in [0.4, 0.5) is 4.79 Å². The first-order valence-corrected chi connectivity index (χ1v) is 5.48. The largest absolute Gasteiger partial charge is 0.508 e. The average Bonchev–Trinajstić information content (AvgIpc) is 2.35. The highest BCUT2D eigenvalue weighted by Crippen LogP contribution is 2.07. The highest BCUT2D eigenvalue weighted by Gasteiger charge is 2.31. The average molecular weight is 268 g/mol. The molecular weight excluding hydrogens is 248 g/mol. The molecule has 0 aliphatic heterocycles. The van der Waals surface area contributed by atoms with Crippen molar-refractivity contribution in [3.05, 3.63) is 0 Å². The monoisotopic (exact) mass is 268 g/mol. The quantitative estimate of drug-likeness (QED) is 0.313. The van der Waals surface area contributed by atoms with Gasteiger partial charge in [-0.1, -0.05) is 6.92 Å². The summed E-state index contributed by atoms with van der Waals surface area (Å²) in [6.07, 6.45) is -6.95. The summed E-state index contributed by atoms with van der Waals surface area (Å²) in [5.41, 5.74) is 0. The SMILES string of the molecule is CCCOC(=O)OCC(OC)C(O)C(O)C(O)O. The van der Waals surface area contributed by atoms with Crippen molar-refractivity contribution in [1.82, 2.24) is 0 Å². The van der Waals surface area contributed by atoms with E-state index < -0.39 is 30.8 Å². The van der Waals surface area contributed by atoms with Crippen LogP contribution in [-0.2, 0) is 14.2 Å². The van der Waals surface area contributed by atoms with Crippen molar-refractivity contribution in [2.75, 3.05) is 20.3 Å². The van der Waals surface area contributed by atoms with E-state index in [0.29, 0.717) is 6.42 Å². The van der Waals surface area contributed by atoms with Crippen LogP contribution in [0.25, 0.3) is 0 Å². The molecule has 8 heteroatoms. The molecule has 0 heterocycles. The molecule has 0 saturated carbocycles. The summed E-state index contributed by atoms with van der Waals surface area (Å²) < 4.78 is 14.0. The standard InChI is InChI=1S/C10H20O8/c1-3-4-17-10(15)18-5-6(16-2)7(11)8(12)9(13)14/h6-9,11-14H,3-5H2,1-2H3. The van der Waals surface area contributed by atoms with Crippen LogP contribution in [0.3, 0.4) is 0 Å². The van der Waals surface area contributed by atoms with Crippen molar-refractivity contribution < 1.29 is 39.4 Å². The molecule has 0 aromatic heterocycles. The van der Waals surface area contributed by atoms with E-state index in [-0.39, 0.29) is 13.2 Å². The maximum atomic E-state index is 11.0. The Morgan fingerprint density at radius 2 is 1.72 bits per heavy atom. The number of aliphatic hydroxyl groups is 4. The van der Waals surface area contributed by atoms with Gasteiger partial charge in [0, 0.05) is 7.11 Å². The number of ether oxygens (including phenoxy) is 3. The molecule has 0 aliphatic rings. The van der Waals surface area contributed by atoms with Gasteiger partial charge in [-0.05, 0) is 6.42 Å². The van der Waals surface area contributed by atoms with E-state index in [1.165, 1.54) is 7.11 Å². The van der Waals surface area contributed by atoms with Crippen LogP contribution in [0.5, 0.6) is 0 Å². The number of rotatable bonds is 8. The van der Waals surface area contributed by atoms with Crippen molar-refractivity contribution in [2.24, 2.45) is 0 Å². The third-order valence-electron chi connectivity index (χ3n) is 2.13. The first-order valence-electron chi connectivity index (χ1n) is 5.48. The number of methoxy groups -OCH3 is 1. The van der Waals surface area contributed by atoms with Crippen LogP contribution >= 0.6 is 0 Å². The number of hydrogen-bond donors (Lipinski definition) is 4. The van der Waals surface area contributed by atoms with Gasteiger partial charge < -0.3 is 34.6 Å². The molecule has 0 saturated heterocycles. The van der Waals surface area contributed by atoms with Crippen LogP contribution < -0.4 is 0 Å². The summed E-state index contributed by atoms with van der Waals surface area (Å²) >= 11 is 0. The zero-order valence-electron chi connectivity index (χ0n) is 10.4. The number of carbonyl (C=O) groups is 1. The fraction of sp³-hybridized carbons (Fsp3) is 0.900. The van der Waals surface area contributed by atoms with Crippen molar-refractivity contribution >= 4 is 6.16 Å². The van der Waals surface area contributed by atoms with Crippen molar-refractivity contribution in [3.63, 3.8) is 0 Å². The van der Waals surface area contributed by atoms with E-state index in [9.17, 15) is 15.0 Å². The fourth-order valence-electron chi connectivity index (χ4n) is 1.08. The van der Waals surface area contributed by atoms with Crippen molar-refractivity contribution in [3.8, 4) is 0 Å². The molecule has 3 unspecified atom stereocenters. The minimum absolute atomic E-state index is 0.205. The van der Waals surface area contributed by atoms with Crippen LogP contribution in [0, 0.1) is 0 Å². The lowest BCUT2D eigenvalue weighted by molar-refractivity contribution is -0.185. The van der Waals surface area contributed by atoms with Crippen molar-refractivity contribution in [1.29, 1.82) is 0 Å². The highest BCUT2D eigenvalue weighted by molar-refractivity contribution is 5.59. The van der Waals surface area contributed by atoms with Crippen LogP contribution in [-0.4, -0.2) is 71.5 Å². The maximum Gasteiger partial charge on any atom is 0.508 e. The maximum absolute atomic E-state index is 11.0. The summed E-state index contributed by atoms with van der Waals surface area (Å²) in [7, 11) is 1.21. The second-order valence-electron chi connectivity index (χ2n) is 3.58. The van der Waals surface area contributed by atoms with Gasteiger partial charge in [0.25, 0.3) is 0 Å². The summed E-state index contributed by atoms with van der Waals surface area (Å²) in [4.78, 5) is 11.0. The van der Waals surface area contributed by atoms with Gasteiger partial charge in [-0.25, -0.2) is 4.79 Å². The molecule has 0 bridgehead atoms. The number of carbonyl (C=O) groups excluding carboxylic acids is 1. The van der Waals surface area contributed by atoms with Crippen LogP contribution in [0.2, 0.25) is 0 Å². The van der Waals surface area contributed by atoms with Crippen LogP contribution in [0.1, 0.15) is 13.3 Å². The lowest BCUT2D eigenvalue weighted by Crippen LogP contribution is -2.47. The zero-order valence-corrected chi connectivity index (χ0v) is 10.4. The second-order valence-corrected chi connectivity index (χ2v) is 3.58. The molecule has 0 aromatic carbocycles. The molecule has 0 fully saturated rings. The van der Waals surface area contributed by atoms with E-state index in [4.69, 9.17) is 14.9 Å². The third kappa shape index (κ3) is 6.12. The van der Waals surface area contributed by atoms with Gasteiger partial charge in [0.1, 0.15) is 24.9 Å². The first kappa shape index (κ1) is 17.1. The summed E-state index contributed by atoms with van der Waals surface area (Å²) in [5, 5.41) is 36.1. The van der Waals surface area contributed by atoms with Gasteiger partial charge in [0.2, 0.25) is 0 Å². The predicted molar refractivity (Wildman–Crippen MR) is 58.6 cm³/mol. The second kappa shape index (κ2) is 9.06. The van der Waals surface area contributed by atoms with Gasteiger partial charge in [-0.3, -0.25) is 0 Å². The topological polar surface area (TPSA) is 126 Å². The molecule has 8 nitrogen and oxygen atoms in total. The molecule has 3 atom stereocenters. The first-order chi connectivity index (χ1) is 8.43.